The van der Waals surface area contributed by atoms with Gasteiger partial charge in [0.05, 0.1) is 12.8 Å². The lowest BCUT2D eigenvalue weighted by Crippen LogP contribution is -2.14. The molecule has 3 nitrogen and oxygen atoms in total. The highest BCUT2D eigenvalue weighted by Crippen LogP contribution is 2.16. The van der Waals surface area contributed by atoms with Crippen molar-refractivity contribution in [3.63, 3.8) is 0 Å². The maximum atomic E-state index is 5.76. The second kappa shape index (κ2) is 7.00. The lowest BCUT2D eigenvalue weighted by Gasteiger charge is -2.07. The van der Waals surface area contributed by atoms with E-state index in [-0.39, 0.29) is 0 Å². The Morgan fingerprint density at radius 1 is 1.16 bits per heavy atom. The normalized spacial score (nSPS) is 10.6. The van der Waals surface area contributed by atoms with Crippen molar-refractivity contribution in [2.75, 3.05) is 6.54 Å². The Kier molecular flexibility index (Phi) is 5.04. The molecule has 0 saturated carbocycles. The van der Waals surface area contributed by atoms with E-state index in [4.69, 9.17) is 9.15 Å². The van der Waals surface area contributed by atoms with Crippen molar-refractivity contribution in [3.8, 4) is 5.75 Å². The number of nitrogens with one attached hydrogen (secondary N) is 1. The Morgan fingerprint density at radius 3 is 2.68 bits per heavy atom. The van der Waals surface area contributed by atoms with Gasteiger partial charge in [0.2, 0.25) is 0 Å². The molecule has 2 aromatic rings. The third-order valence-electron chi connectivity index (χ3n) is 2.97. The molecule has 0 bridgehead atoms. The summed E-state index contributed by atoms with van der Waals surface area (Å²) in [5.41, 5.74) is 2.34. The molecule has 19 heavy (non-hydrogen) atoms. The van der Waals surface area contributed by atoms with Crippen LogP contribution >= 0.6 is 0 Å². The first kappa shape index (κ1) is 13.7. The molecular weight excluding hydrogens is 238 g/mol. The summed E-state index contributed by atoms with van der Waals surface area (Å²) < 4.78 is 11.2. The van der Waals surface area contributed by atoms with E-state index < -0.39 is 0 Å². The number of benzene rings is 1. The highest BCUT2D eigenvalue weighted by Gasteiger charge is 2.06. The molecule has 3 heteroatoms. The summed E-state index contributed by atoms with van der Waals surface area (Å²) in [6, 6.07) is 10.1. The van der Waals surface area contributed by atoms with E-state index >= 15 is 0 Å². The molecule has 0 amide bonds. The molecule has 1 aromatic carbocycles. The van der Waals surface area contributed by atoms with Crippen molar-refractivity contribution >= 4 is 0 Å². The summed E-state index contributed by atoms with van der Waals surface area (Å²) in [7, 11) is 0. The van der Waals surface area contributed by atoms with Gasteiger partial charge in [0, 0.05) is 5.56 Å². The molecule has 0 saturated heterocycles. The minimum atomic E-state index is 0.544. The van der Waals surface area contributed by atoms with Crippen LogP contribution in [0.4, 0.5) is 0 Å². The van der Waals surface area contributed by atoms with Crippen molar-refractivity contribution in [2.45, 2.75) is 33.4 Å². The minimum absolute atomic E-state index is 0.544. The van der Waals surface area contributed by atoms with Gasteiger partial charge < -0.3 is 14.5 Å². The van der Waals surface area contributed by atoms with Crippen LogP contribution in [0.25, 0.3) is 0 Å². The molecular formula is C16H21NO2. The Morgan fingerprint density at radius 2 is 1.95 bits per heavy atom. The summed E-state index contributed by atoms with van der Waals surface area (Å²) in [4.78, 5) is 0. The van der Waals surface area contributed by atoms with E-state index in [0.29, 0.717) is 6.61 Å². The molecule has 1 N–H and O–H groups in total. The lowest BCUT2D eigenvalue weighted by atomic mass is 10.2. The molecule has 2 rings (SSSR count). The average molecular weight is 259 g/mol. The maximum Gasteiger partial charge on any atom is 0.124 e. The van der Waals surface area contributed by atoms with Gasteiger partial charge in [0.25, 0.3) is 0 Å². The zero-order valence-electron chi connectivity index (χ0n) is 11.6. The second-order valence-corrected chi connectivity index (χ2v) is 4.65. The van der Waals surface area contributed by atoms with E-state index in [1.54, 1.807) is 6.26 Å². The monoisotopic (exact) mass is 259 g/mol. The second-order valence-electron chi connectivity index (χ2n) is 4.65. The summed E-state index contributed by atoms with van der Waals surface area (Å²) in [5, 5.41) is 3.33. The number of furan rings is 1. The predicted octanol–water partition coefficient (Wildman–Crippen LogP) is 3.67. The van der Waals surface area contributed by atoms with Gasteiger partial charge in [-0.25, -0.2) is 0 Å². The first-order valence-electron chi connectivity index (χ1n) is 6.75. The summed E-state index contributed by atoms with van der Waals surface area (Å²) in [5.74, 6) is 1.85. The van der Waals surface area contributed by atoms with Crippen LogP contribution in [0, 0.1) is 6.92 Å². The molecule has 0 spiro atoms. The zero-order valence-corrected chi connectivity index (χ0v) is 11.6. The van der Waals surface area contributed by atoms with Crippen molar-refractivity contribution in [1.29, 1.82) is 0 Å². The highest BCUT2D eigenvalue weighted by atomic mass is 16.5. The molecule has 0 atom stereocenters. The number of hydrogen-bond acceptors (Lipinski definition) is 3. The van der Waals surface area contributed by atoms with Crippen LogP contribution in [0.5, 0.6) is 5.75 Å². The van der Waals surface area contributed by atoms with Gasteiger partial charge in [-0.3, -0.25) is 0 Å². The number of aryl methyl sites for hydroxylation is 1. The van der Waals surface area contributed by atoms with Crippen molar-refractivity contribution < 1.29 is 9.15 Å². The largest absolute Gasteiger partial charge is 0.489 e. The summed E-state index contributed by atoms with van der Waals surface area (Å²) in [6.45, 7) is 6.52. The molecule has 0 aliphatic carbocycles. The van der Waals surface area contributed by atoms with Crippen molar-refractivity contribution in [2.24, 2.45) is 0 Å². The van der Waals surface area contributed by atoms with Gasteiger partial charge in [0.1, 0.15) is 18.1 Å². The van der Waals surface area contributed by atoms with Crippen LogP contribution in [-0.2, 0) is 13.2 Å². The van der Waals surface area contributed by atoms with Gasteiger partial charge in [-0.15, -0.1) is 0 Å². The summed E-state index contributed by atoms with van der Waals surface area (Å²) in [6.07, 6.45) is 2.84. The number of hydrogen-bond donors (Lipinski definition) is 1. The van der Waals surface area contributed by atoms with Crippen LogP contribution in [0.3, 0.4) is 0 Å². The fourth-order valence-electron chi connectivity index (χ4n) is 1.82. The van der Waals surface area contributed by atoms with E-state index in [1.165, 1.54) is 5.56 Å². The lowest BCUT2D eigenvalue weighted by molar-refractivity contribution is 0.301. The van der Waals surface area contributed by atoms with Crippen molar-refractivity contribution in [1.82, 2.24) is 5.32 Å². The van der Waals surface area contributed by atoms with Crippen LogP contribution in [0.2, 0.25) is 0 Å². The minimum Gasteiger partial charge on any atom is -0.489 e. The van der Waals surface area contributed by atoms with Gasteiger partial charge in [0.15, 0.2) is 0 Å². The number of rotatable bonds is 7. The van der Waals surface area contributed by atoms with Gasteiger partial charge in [-0.2, -0.15) is 0 Å². The Hall–Kier alpha value is -1.74. The molecule has 0 aliphatic heterocycles. The quantitative estimate of drug-likeness (QED) is 0.770. The average Bonchev–Trinajstić information content (AvgIpc) is 2.86. The number of ether oxygens (including phenoxy) is 1. The molecule has 0 aliphatic rings. The van der Waals surface area contributed by atoms with E-state index in [1.807, 2.05) is 18.2 Å². The molecule has 1 aromatic heterocycles. The van der Waals surface area contributed by atoms with Gasteiger partial charge in [-0.1, -0.05) is 24.6 Å². The molecule has 0 unspecified atom stereocenters. The van der Waals surface area contributed by atoms with E-state index in [2.05, 4.69) is 31.3 Å². The topological polar surface area (TPSA) is 34.4 Å². The van der Waals surface area contributed by atoms with Gasteiger partial charge in [-0.05, 0) is 38.1 Å². The van der Waals surface area contributed by atoms with E-state index in [9.17, 15) is 0 Å². The fourth-order valence-corrected chi connectivity index (χ4v) is 1.82. The maximum absolute atomic E-state index is 5.76. The van der Waals surface area contributed by atoms with Crippen LogP contribution < -0.4 is 10.1 Å². The first-order chi connectivity index (χ1) is 9.29. The molecule has 1 heterocycles. The third kappa shape index (κ3) is 4.14. The Labute approximate surface area is 114 Å². The third-order valence-corrected chi connectivity index (χ3v) is 2.97. The fraction of sp³-hybridized carbons (Fsp3) is 0.375. The summed E-state index contributed by atoms with van der Waals surface area (Å²) >= 11 is 0. The Balaban J connectivity index is 1.88. The highest BCUT2D eigenvalue weighted by molar-refractivity contribution is 5.27. The van der Waals surface area contributed by atoms with Crippen molar-refractivity contribution in [3.05, 3.63) is 53.5 Å². The first-order valence-corrected chi connectivity index (χ1v) is 6.75. The van der Waals surface area contributed by atoms with E-state index in [0.717, 1.165) is 36.6 Å². The zero-order chi connectivity index (χ0) is 13.5. The van der Waals surface area contributed by atoms with Crippen LogP contribution in [0.15, 0.2) is 41.0 Å². The van der Waals surface area contributed by atoms with Gasteiger partial charge >= 0.3 is 0 Å². The smallest absolute Gasteiger partial charge is 0.124 e. The SMILES string of the molecule is CCCNCc1occc1COc1ccc(C)cc1. The molecule has 0 radical (unpaired) electrons. The predicted molar refractivity (Wildman–Crippen MR) is 76.2 cm³/mol. The molecule has 0 fully saturated rings. The standard InChI is InChI=1S/C16H21NO2/c1-3-9-17-11-16-14(8-10-18-16)12-19-15-6-4-13(2)5-7-15/h4-8,10,17H,3,9,11-12H2,1-2H3. The molecule has 102 valence electrons. The van der Waals surface area contributed by atoms with Crippen LogP contribution in [-0.4, -0.2) is 6.54 Å². The van der Waals surface area contributed by atoms with Crippen LogP contribution in [0.1, 0.15) is 30.2 Å². The Bertz CT molecular complexity index is 488.